The molecule has 0 fully saturated rings. The molecule has 168 valence electrons. The molecule has 1 aromatic carbocycles. The average molecular weight is 442 g/mol. The number of ketones is 2. The number of fused-ring (bicyclic) bond motifs is 3. The zero-order valence-electron chi connectivity index (χ0n) is 17.4. The van der Waals surface area contributed by atoms with E-state index in [1.165, 1.54) is 13.2 Å². The van der Waals surface area contributed by atoms with Crippen molar-refractivity contribution in [1.82, 2.24) is 0 Å². The number of Topliss-reactive ketones (excluding diaryl/α,β-unsaturated/α-hetero) is 2. The van der Waals surface area contributed by atoms with E-state index in [0.717, 1.165) is 0 Å². The van der Waals surface area contributed by atoms with Gasteiger partial charge in [0.1, 0.15) is 30.0 Å². The fourth-order valence-electron chi connectivity index (χ4n) is 5.14. The number of oxime groups is 1. The Kier molecular flexibility index (Phi) is 4.85. The fraction of sp³-hybridized carbons (Fsp3) is 0.364. The smallest absolute Gasteiger partial charge is 0.255 e. The van der Waals surface area contributed by atoms with E-state index >= 15 is 0 Å². The van der Waals surface area contributed by atoms with Crippen LogP contribution >= 0.6 is 0 Å². The second-order valence-electron chi connectivity index (χ2n) is 8.26. The Bertz CT molecular complexity index is 1180. The maximum absolute atomic E-state index is 13.4. The lowest BCUT2D eigenvalue weighted by molar-refractivity contribution is -0.144. The summed E-state index contributed by atoms with van der Waals surface area (Å²) in [7, 11) is 1.38. The molecular weight excluding hydrogens is 420 g/mol. The van der Waals surface area contributed by atoms with Crippen molar-refractivity contribution in [3.63, 3.8) is 0 Å². The van der Waals surface area contributed by atoms with Gasteiger partial charge in [0.25, 0.3) is 5.91 Å². The van der Waals surface area contributed by atoms with Crippen LogP contribution in [0.4, 0.5) is 0 Å². The number of nitrogens with zero attached hydrogens (tertiary/aromatic N) is 1. The van der Waals surface area contributed by atoms with Crippen molar-refractivity contribution in [3.05, 3.63) is 51.5 Å². The first kappa shape index (κ1) is 21.6. The van der Waals surface area contributed by atoms with E-state index in [4.69, 9.17) is 10.6 Å². The molecule has 1 amide bonds. The number of phenols is 1. The predicted octanol–water partition coefficient (Wildman–Crippen LogP) is 0.951. The van der Waals surface area contributed by atoms with Gasteiger partial charge in [0.2, 0.25) is 5.78 Å². The molecule has 3 atom stereocenters. The molecule has 10 heteroatoms. The predicted molar refractivity (Wildman–Crippen MR) is 110 cm³/mol. The van der Waals surface area contributed by atoms with Crippen LogP contribution < -0.4 is 5.73 Å². The molecule has 10 nitrogen and oxygen atoms in total. The number of primary amides is 1. The van der Waals surface area contributed by atoms with E-state index in [0.29, 0.717) is 16.8 Å². The summed E-state index contributed by atoms with van der Waals surface area (Å²) in [6.07, 6.45) is -0.000361. The number of allylic oxidation sites excluding steroid dienone is 2. The summed E-state index contributed by atoms with van der Waals surface area (Å²) in [6, 6.07) is 2.92. The van der Waals surface area contributed by atoms with Crippen molar-refractivity contribution < 1.29 is 39.6 Å². The highest BCUT2D eigenvalue weighted by Gasteiger charge is 2.59. The number of benzene rings is 1. The minimum Gasteiger partial charge on any atom is -0.511 e. The fourth-order valence-corrected chi connectivity index (χ4v) is 5.14. The topological polar surface area (TPSA) is 180 Å². The van der Waals surface area contributed by atoms with Gasteiger partial charge in [-0.15, -0.1) is 0 Å². The number of rotatable bonds is 3. The molecule has 0 saturated carbocycles. The minimum absolute atomic E-state index is 0.0650. The Morgan fingerprint density at radius 2 is 1.91 bits per heavy atom. The largest absolute Gasteiger partial charge is 0.511 e. The van der Waals surface area contributed by atoms with Crippen LogP contribution in [0.2, 0.25) is 0 Å². The van der Waals surface area contributed by atoms with Crippen LogP contribution in [-0.2, 0) is 20.8 Å². The van der Waals surface area contributed by atoms with Gasteiger partial charge in [-0.05, 0) is 43.4 Å². The summed E-state index contributed by atoms with van der Waals surface area (Å²) in [5, 5.41) is 46.7. The van der Waals surface area contributed by atoms with Crippen LogP contribution in [0.25, 0.3) is 0 Å². The molecular formula is C22H22N2O8. The number of amides is 1. The van der Waals surface area contributed by atoms with Gasteiger partial charge in [0, 0.05) is 23.5 Å². The summed E-state index contributed by atoms with van der Waals surface area (Å²) in [5.41, 5.74) is 3.09. The van der Waals surface area contributed by atoms with Gasteiger partial charge < -0.3 is 31.0 Å². The van der Waals surface area contributed by atoms with E-state index in [-0.39, 0.29) is 36.1 Å². The molecule has 6 N–H and O–H groups in total. The Hall–Kier alpha value is -3.66. The molecule has 3 aliphatic carbocycles. The molecule has 0 saturated heterocycles. The molecule has 4 rings (SSSR count). The van der Waals surface area contributed by atoms with Crippen LogP contribution in [0, 0.1) is 11.8 Å². The maximum atomic E-state index is 13.4. The van der Waals surface area contributed by atoms with E-state index < -0.39 is 52.0 Å². The van der Waals surface area contributed by atoms with Gasteiger partial charge in [0.05, 0.1) is 11.3 Å². The molecule has 0 aliphatic heterocycles. The minimum atomic E-state index is -2.57. The first-order chi connectivity index (χ1) is 15.0. The highest BCUT2D eigenvalue weighted by molar-refractivity contribution is 6.24. The number of carbonyl (C=O) groups excluding carboxylic acids is 3. The van der Waals surface area contributed by atoms with E-state index in [1.54, 1.807) is 13.0 Å². The Balaban J connectivity index is 1.91. The highest BCUT2D eigenvalue weighted by atomic mass is 16.6. The van der Waals surface area contributed by atoms with Crippen molar-refractivity contribution in [1.29, 1.82) is 0 Å². The first-order valence-electron chi connectivity index (χ1n) is 9.94. The van der Waals surface area contributed by atoms with Gasteiger partial charge in [-0.3, -0.25) is 14.4 Å². The number of aliphatic hydroxyl groups is 3. The van der Waals surface area contributed by atoms with Crippen LogP contribution in [-0.4, -0.2) is 56.3 Å². The Morgan fingerprint density at radius 1 is 1.22 bits per heavy atom. The van der Waals surface area contributed by atoms with Crippen LogP contribution in [0.5, 0.6) is 5.75 Å². The van der Waals surface area contributed by atoms with Crippen molar-refractivity contribution in [2.24, 2.45) is 22.7 Å². The van der Waals surface area contributed by atoms with Gasteiger partial charge in [-0.25, -0.2) is 0 Å². The quantitative estimate of drug-likeness (QED) is 0.261. The van der Waals surface area contributed by atoms with Crippen LogP contribution in [0.15, 0.2) is 40.0 Å². The van der Waals surface area contributed by atoms with Gasteiger partial charge in [0.15, 0.2) is 11.4 Å². The summed E-state index contributed by atoms with van der Waals surface area (Å²) < 4.78 is 0. The first-order valence-corrected chi connectivity index (χ1v) is 9.94. The van der Waals surface area contributed by atoms with Gasteiger partial charge in [-0.2, -0.15) is 0 Å². The van der Waals surface area contributed by atoms with Crippen LogP contribution in [0.1, 0.15) is 41.3 Å². The Labute approximate surface area is 182 Å². The lowest BCUT2D eigenvalue weighted by Crippen LogP contribution is -2.57. The second-order valence-corrected chi connectivity index (χ2v) is 8.26. The summed E-state index contributed by atoms with van der Waals surface area (Å²) in [6.45, 7) is 1.68. The molecule has 0 unspecified atom stereocenters. The van der Waals surface area contributed by atoms with E-state index in [9.17, 15) is 34.8 Å². The standard InChI is InChI=1S/C22H22N2O8/c1-8(24-32-2)11-3-4-13(25)16-12(11)6-9-5-10-7-14(26)17(21(23)30)20(29)22(10,31)19(28)15(9)18(16)27/h3-4,9-10,25-26,28,31H,5-7H2,1-2H3,(H2,23,30)/b24-8-/t9-,10+,22+/m1/s1. The molecule has 32 heavy (non-hydrogen) atoms. The van der Waals surface area contributed by atoms with Gasteiger partial charge in [-0.1, -0.05) is 5.16 Å². The number of aromatic hydroxyl groups is 1. The van der Waals surface area contributed by atoms with Crippen LogP contribution in [0.3, 0.4) is 0 Å². The molecule has 0 heterocycles. The lowest BCUT2D eigenvalue weighted by Gasteiger charge is -2.45. The molecule has 3 aliphatic rings. The molecule has 0 radical (unpaired) electrons. The van der Waals surface area contributed by atoms with Crippen molar-refractivity contribution in [2.45, 2.75) is 31.8 Å². The molecule has 0 aromatic heterocycles. The highest BCUT2D eigenvalue weighted by Crippen LogP contribution is 2.51. The van der Waals surface area contributed by atoms with E-state index in [1.807, 2.05) is 0 Å². The third-order valence-electron chi connectivity index (χ3n) is 6.56. The SMILES string of the molecule is CO/N=C(/C)c1ccc(O)c2c1C[C@H]1C[C@H]3CC(O)=C(C(N)=O)C(=O)[C@@]3(O)C(O)=C1C2=O. The van der Waals surface area contributed by atoms with Crippen molar-refractivity contribution >= 4 is 23.2 Å². The van der Waals surface area contributed by atoms with Crippen molar-refractivity contribution in [2.75, 3.05) is 7.11 Å². The third-order valence-corrected chi connectivity index (χ3v) is 6.56. The number of nitrogens with two attached hydrogens (primary N) is 1. The number of carbonyl (C=O) groups is 3. The summed E-state index contributed by atoms with van der Waals surface area (Å²) in [5.74, 6) is -6.57. The van der Waals surface area contributed by atoms with E-state index in [2.05, 4.69) is 5.16 Å². The summed E-state index contributed by atoms with van der Waals surface area (Å²) in [4.78, 5) is 42.8. The molecule has 0 spiro atoms. The monoisotopic (exact) mass is 442 g/mol. The normalized spacial score (nSPS) is 27.7. The maximum Gasteiger partial charge on any atom is 0.255 e. The third kappa shape index (κ3) is 2.76. The number of hydrogen-bond donors (Lipinski definition) is 5. The number of hydrogen-bond acceptors (Lipinski definition) is 9. The number of aliphatic hydroxyl groups excluding tert-OH is 2. The van der Waals surface area contributed by atoms with Crippen molar-refractivity contribution in [3.8, 4) is 5.75 Å². The lowest BCUT2D eigenvalue weighted by atomic mass is 9.60. The second kappa shape index (κ2) is 7.20. The zero-order chi connectivity index (χ0) is 23.5. The number of phenolic OH excluding ortho intramolecular Hbond substituents is 1. The molecule has 0 bridgehead atoms. The zero-order valence-corrected chi connectivity index (χ0v) is 17.4. The van der Waals surface area contributed by atoms with Gasteiger partial charge >= 0.3 is 0 Å². The Morgan fingerprint density at radius 3 is 2.53 bits per heavy atom. The average Bonchev–Trinajstić information content (AvgIpc) is 2.70. The molecule has 1 aromatic rings. The summed E-state index contributed by atoms with van der Waals surface area (Å²) >= 11 is 0.